The van der Waals surface area contributed by atoms with Crippen LogP contribution >= 0.6 is 0 Å². The largest absolute Gasteiger partial charge is 0.766 e. The van der Waals surface area contributed by atoms with Crippen molar-refractivity contribution in [3.63, 3.8) is 0 Å². The van der Waals surface area contributed by atoms with Crippen molar-refractivity contribution in [2.75, 3.05) is 34.2 Å². The van der Waals surface area contributed by atoms with Crippen molar-refractivity contribution >= 4 is 22.2 Å². The Hall–Kier alpha value is -0.320. The van der Waals surface area contributed by atoms with E-state index in [1.165, 1.54) is 0 Å². The van der Waals surface area contributed by atoms with E-state index < -0.39 is 33.2 Å². The summed E-state index contributed by atoms with van der Waals surface area (Å²) in [4.78, 5) is 0. The third-order valence-corrected chi connectivity index (χ3v) is 1.93. The molecule has 22 heavy (non-hydrogen) atoms. The Morgan fingerprint density at radius 3 is 1.09 bits per heavy atom. The summed E-state index contributed by atoms with van der Waals surface area (Å²) in [6, 6.07) is 0. The topological polar surface area (TPSA) is 141 Å². The maximum Gasteiger partial charge on any atom is 0.458 e. The van der Waals surface area contributed by atoms with Crippen molar-refractivity contribution < 1.29 is 48.3 Å². The SMILES string of the molecule is C[N+](C)(C)CCN.N.O=S([O-])C(F)(F)F.O=S([O-])C(F)(F)F. The molecule has 2 unspecified atom stereocenters. The van der Waals surface area contributed by atoms with E-state index in [1.54, 1.807) is 0 Å². The molecule has 15 heteroatoms. The minimum absolute atomic E-state index is 0. The van der Waals surface area contributed by atoms with E-state index in [4.69, 9.17) is 23.3 Å². The Labute approximate surface area is 128 Å². The maximum atomic E-state index is 10.6. The number of hydrogen-bond donors (Lipinski definition) is 2. The number of halogens is 6. The van der Waals surface area contributed by atoms with E-state index in [9.17, 15) is 26.3 Å². The summed E-state index contributed by atoms with van der Waals surface area (Å²) in [6.45, 7) is 1.84. The van der Waals surface area contributed by atoms with Gasteiger partial charge in [-0.2, -0.15) is 26.3 Å². The molecule has 0 aromatic heterocycles. The van der Waals surface area contributed by atoms with Crippen LogP contribution in [0.3, 0.4) is 0 Å². The van der Waals surface area contributed by atoms with Crippen molar-refractivity contribution in [1.29, 1.82) is 0 Å². The first-order chi connectivity index (χ1) is 8.95. The van der Waals surface area contributed by atoms with Gasteiger partial charge in [0.1, 0.15) is 0 Å². The predicted molar refractivity (Wildman–Crippen MR) is 66.9 cm³/mol. The number of nitrogens with zero attached hydrogens (tertiary/aromatic N) is 1. The number of quaternary nitrogens is 1. The zero-order chi connectivity index (χ0) is 18.1. The fourth-order valence-corrected chi connectivity index (χ4v) is 0.387. The molecule has 5 N–H and O–H groups in total. The molecular weight excluding hydrogens is 368 g/mol. The van der Waals surface area contributed by atoms with E-state index in [0.29, 0.717) is 0 Å². The number of hydrogen-bond acceptors (Lipinski definition) is 6. The molecule has 0 spiro atoms. The summed E-state index contributed by atoms with van der Waals surface area (Å²) in [5, 5.41) is 0. The molecule has 0 saturated heterocycles. The first kappa shape index (κ1) is 29.7. The molecule has 7 nitrogen and oxygen atoms in total. The number of rotatable bonds is 2. The monoisotopic (exact) mass is 386 g/mol. The molecule has 0 fully saturated rings. The van der Waals surface area contributed by atoms with Gasteiger partial charge >= 0.3 is 11.0 Å². The number of alkyl halides is 6. The molecule has 0 heterocycles. The highest BCUT2D eigenvalue weighted by molar-refractivity contribution is 7.80. The maximum absolute atomic E-state index is 10.6. The first-order valence-corrected chi connectivity index (χ1v) is 6.92. The van der Waals surface area contributed by atoms with Crippen LogP contribution in [-0.2, 0) is 22.2 Å². The normalized spacial score (nSPS) is 14.4. The zero-order valence-electron chi connectivity index (χ0n) is 11.9. The molecule has 0 bridgehead atoms. The van der Waals surface area contributed by atoms with Crippen LogP contribution in [0.15, 0.2) is 0 Å². The predicted octanol–water partition coefficient (Wildman–Crippen LogP) is 0.584. The highest BCUT2D eigenvalue weighted by Crippen LogP contribution is 2.17. The van der Waals surface area contributed by atoms with E-state index in [0.717, 1.165) is 17.6 Å². The molecule has 0 rings (SSSR count). The van der Waals surface area contributed by atoms with Gasteiger partial charge in [-0.25, -0.2) is 0 Å². The van der Waals surface area contributed by atoms with Gasteiger partial charge in [0.2, 0.25) is 0 Å². The highest BCUT2D eigenvalue weighted by atomic mass is 32.2. The Kier molecular flexibility index (Phi) is 16.4. The lowest BCUT2D eigenvalue weighted by Gasteiger charge is -2.22. The zero-order valence-corrected chi connectivity index (χ0v) is 13.5. The molecule has 0 aliphatic heterocycles. The van der Waals surface area contributed by atoms with Crippen molar-refractivity contribution in [3.05, 3.63) is 0 Å². The van der Waals surface area contributed by atoms with E-state index in [1.807, 2.05) is 0 Å². The molecule has 0 aliphatic carbocycles. The lowest BCUT2D eigenvalue weighted by Crippen LogP contribution is -2.38. The molecule has 2 atom stereocenters. The van der Waals surface area contributed by atoms with Crippen LogP contribution in [0.25, 0.3) is 0 Å². The van der Waals surface area contributed by atoms with E-state index in [2.05, 4.69) is 21.1 Å². The molecule has 140 valence electrons. The van der Waals surface area contributed by atoms with Gasteiger partial charge in [-0.05, 0) is 0 Å². The Morgan fingerprint density at radius 2 is 1.09 bits per heavy atom. The lowest BCUT2D eigenvalue weighted by molar-refractivity contribution is -0.868. The van der Waals surface area contributed by atoms with Crippen LogP contribution in [-0.4, -0.2) is 67.3 Å². The Balaban J connectivity index is -0.000000108. The van der Waals surface area contributed by atoms with E-state index in [-0.39, 0.29) is 6.15 Å². The van der Waals surface area contributed by atoms with Gasteiger partial charge in [-0.1, -0.05) is 0 Å². The molecular formula is C7H18F6N3O4S2-. The molecule has 0 aromatic carbocycles. The van der Waals surface area contributed by atoms with Crippen molar-refractivity contribution in [1.82, 2.24) is 6.15 Å². The molecule has 0 saturated carbocycles. The molecule has 0 aliphatic rings. The van der Waals surface area contributed by atoms with Crippen LogP contribution in [0.4, 0.5) is 26.3 Å². The molecule has 0 amide bonds. The van der Waals surface area contributed by atoms with Gasteiger partial charge in [0.15, 0.2) is 0 Å². The van der Waals surface area contributed by atoms with Crippen LogP contribution in [0, 0.1) is 0 Å². The van der Waals surface area contributed by atoms with Crippen molar-refractivity contribution in [2.45, 2.75) is 11.0 Å². The minimum Gasteiger partial charge on any atom is -0.766 e. The van der Waals surface area contributed by atoms with Gasteiger partial charge in [-0.3, -0.25) is 8.42 Å². The Bertz CT molecular complexity index is 308. The van der Waals surface area contributed by atoms with Gasteiger partial charge in [0.25, 0.3) is 0 Å². The molecule has 0 radical (unpaired) electrons. The third kappa shape index (κ3) is 27.9. The summed E-state index contributed by atoms with van der Waals surface area (Å²) in [7, 11) is 6.40. The van der Waals surface area contributed by atoms with Crippen LogP contribution < -0.4 is 11.9 Å². The smallest absolute Gasteiger partial charge is 0.458 e. The van der Waals surface area contributed by atoms with Gasteiger partial charge in [0.05, 0.1) is 49.8 Å². The van der Waals surface area contributed by atoms with E-state index >= 15 is 0 Å². The summed E-state index contributed by atoms with van der Waals surface area (Å²) in [6.07, 6.45) is 0. The minimum atomic E-state index is -5.08. The summed E-state index contributed by atoms with van der Waals surface area (Å²) < 4.78 is 99.9. The van der Waals surface area contributed by atoms with Gasteiger partial charge < -0.3 is 25.5 Å². The van der Waals surface area contributed by atoms with Crippen molar-refractivity contribution in [3.8, 4) is 0 Å². The summed E-state index contributed by atoms with van der Waals surface area (Å²) in [5.74, 6) is 0. The van der Waals surface area contributed by atoms with Crippen LogP contribution in [0.5, 0.6) is 0 Å². The number of likely N-dealkylation sites (N-methyl/N-ethyl adjacent to an activating group) is 1. The molecule has 0 aromatic rings. The third-order valence-electron chi connectivity index (χ3n) is 1.18. The van der Waals surface area contributed by atoms with Crippen LogP contribution in [0.2, 0.25) is 0 Å². The average molecular weight is 386 g/mol. The first-order valence-electron chi connectivity index (χ1n) is 4.77. The lowest BCUT2D eigenvalue weighted by atomic mass is 10.5. The second-order valence-corrected chi connectivity index (χ2v) is 6.03. The standard InChI is InChI=1S/C5H15N2.2CHF3O2S.H3N/c1-7(2,3)5-4-6;2*2-1(3,4)7(5)6;/h4-6H2,1-3H3;2*(H,5,6);1H3/q+1;;;/p-2. The number of nitrogens with two attached hydrogens (primary N) is 1. The fourth-order valence-electron chi connectivity index (χ4n) is 0.387. The fraction of sp³-hybridized carbons (Fsp3) is 1.00. The summed E-state index contributed by atoms with van der Waals surface area (Å²) in [5.41, 5.74) is -4.87. The quantitative estimate of drug-likeness (QED) is 0.404. The average Bonchev–Trinajstić information content (AvgIpc) is 2.13. The van der Waals surface area contributed by atoms with Gasteiger partial charge in [0, 0.05) is 6.54 Å². The second kappa shape index (κ2) is 12.1. The highest BCUT2D eigenvalue weighted by Gasteiger charge is 2.28. The van der Waals surface area contributed by atoms with Gasteiger partial charge in [-0.15, -0.1) is 0 Å². The van der Waals surface area contributed by atoms with Crippen molar-refractivity contribution in [2.24, 2.45) is 5.73 Å². The summed E-state index contributed by atoms with van der Waals surface area (Å²) >= 11 is -7.87. The Morgan fingerprint density at radius 1 is 0.909 bits per heavy atom. The van der Waals surface area contributed by atoms with Crippen LogP contribution in [0.1, 0.15) is 0 Å². The second-order valence-electron chi connectivity index (χ2n) is 4.16.